The van der Waals surface area contributed by atoms with Crippen LogP contribution in [0.25, 0.3) is 0 Å². The molecule has 0 aromatic carbocycles. The molecule has 0 amide bonds. The van der Waals surface area contributed by atoms with E-state index in [2.05, 4.69) is 22.9 Å². The van der Waals surface area contributed by atoms with Crippen LogP contribution in [0.1, 0.15) is 26.2 Å². The highest BCUT2D eigenvalue weighted by Crippen LogP contribution is 2.13. The van der Waals surface area contributed by atoms with Gasteiger partial charge in [0.25, 0.3) is 0 Å². The predicted molar refractivity (Wildman–Crippen MR) is 72.8 cm³/mol. The summed E-state index contributed by atoms with van der Waals surface area (Å²) in [6.45, 7) is 9.66. The summed E-state index contributed by atoms with van der Waals surface area (Å²) in [5.74, 6) is 0. The maximum Gasteiger partial charge on any atom is 0.694 e. The third-order valence-electron chi connectivity index (χ3n) is 2.47. The number of ether oxygens (including phenoxy) is 1. The first-order chi connectivity index (χ1) is 8.70. The monoisotopic (exact) mass is 278 g/mol. The fourth-order valence-corrected chi connectivity index (χ4v) is 1.77. The standard InChI is InChI=1S/C12H24NO4P/c1-3-5-6-7-13(8-11-16-10-4-2)9-12-17-18(14)15/h4H,2-3,5-12H2,1H3/p+1. The number of rotatable bonds is 13. The predicted octanol–water partition coefficient (Wildman–Crippen LogP) is 2.35. The zero-order valence-corrected chi connectivity index (χ0v) is 12.1. The molecule has 0 spiro atoms. The van der Waals surface area contributed by atoms with Crippen molar-refractivity contribution in [3.63, 3.8) is 0 Å². The van der Waals surface area contributed by atoms with Crippen LogP contribution in [0.4, 0.5) is 0 Å². The Morgan fingerprint density at radius 1 is 1.28 bits per heavy atom. The second-order valence-electron chi connectivity index (χ2n) is 3.98. The van der Waals surface area contributed by atoms with Gasteiger partial charge >= 0.3 is 8.25 Å². The van der Waals surface area contributed by atoms with Gasteiger partial charge in [-0.3, -0.25) is 4.90 Å². The Kier molecular flexibility index (Phi) is 12.9. The lowest BCUT2D eigenvalue weighted by Gasteiger charge is -2.20. The summed E-state index contributed by atoms with van der Waals surface area (Å²) in [6, 6.07) is 0. The molecule has 0 rings (SSSR count). The van der Waals surface area contributed by atoms with E-state index in [0.29, 0.717) is 19.8 Å². The molecule has 0 aromatic rings. The van der Waals surface area contributed by atoms with Crippen molar-refractivity contribution in [3.05, 3.63) is 12.7 Å². The second-order valence-corrected chi connectivity index (χ2v) is 4.72. The van der Waals surface area contributed by atoms with Gasteiger partial charge in [-0.15, -0.1) is 16.0 Å². The third-order valence-corrected chi connectivity index (χ3v) is 2.88. The molecular weight excluding hydrogens is 253 g/mol. The molecule has 0 radical (unpaired) electrons. The van der Waals surface area contributed by atoms with Crippen molar-refractivity contribution >= 4 is 8.25 Å². The zero-order valence-electron chi connectivity index (χ0n) is 11.2. The molecule has 0 heterocycles. The van der Waals surface area contributed by atoms with E-state index in [4.69, 9.17) is 9.63 Å². The van der Waals surface area contributed by atoms with Crippen LogP contribution in [0.5, 0.6) is 0 Å². The van der Waals surface area contributed by atoms with Crippen molar-refractivity contribution in [3.8, 4) is 0 Å². The summed E-state index contributed by atoms with van der Waals surface area (Å²) in [4.78, 5) is 10.8. The van der Waals surface area contributed by atoms with E-state index in [0.717, 1.165) is 19.5 Å². The van der Waals surface area contributed by atoms with Crippen molar-refractivity contribution in [2.75, 3.05) is 39.5 Å². The van der Waals surface area contributed by atoms with Crippen molar-refractivity contribution in [2.45, 2.75) is 26.2 Å². The molecule has 0 bridgehead atoms. The lowest BCUT2D eigenvalue weighted by atomic mass is 10.2. The minimum absolute atomic E-state index is 0.277. The Balaban J connectivity index is 3.75. The summed E-state index contributed by atoms with van der Waals surface area (Å²) >= 11 is 0. The number of hydrogen-bond acceptors (Lipinski definition) is 4. The van der Waals surface area contributed by atoms with Gasteiger partial charge in [0.15, 0.2) is 0 Å². The molecule has 1 unspecified atom stereocenters. The highest BCUT2D eigenvalue weighted by molar-refractivity contribution is 7.32. The number of nitrogens with zero attached hydrogens (tertiary/aromatic N) is 1. The van der Waals surface area contributed by atoms with Crippen LogP contribution in [0.2, 0.25) is 0 Å². The van der Waals surface area contributed by atoms with E-state index in [-0.39, 0.29) is 6.61 Å². The Morgan fingerprint density at radius 3 is 2.61 bits per heavy atom. The van der Waals surface area contributed by atoms with Gasteiger partial charge in [-0.2, -0.15) is 0 Å². The maximum absolute atomic E-state index is 10.4. The minimum atomic E-state index is -2.49. The highest BCUT2D eigenvalue weighted by Gasteiger charge is 2.13. The summed E-state index contributed by atoms with van der Waals surface area (Å²) in [7, 11) is -2.49. The summed E-state index contributed by atoms with van der Waals surface area (Å²) in [5, 5.41) is 0. The third kappa shape index (κ3) is 12.1. The Morgan fingerprint density at radius 2 is 2.00 bits per heavy atom. The van der Waals surface area contributed by atoms with Crippen molar-refractivity contribution in [1.29, 1.82) is 0 Å². The maximum atomic E-state index is 10.4. The van der Waals surface area contributed by atoms with E-state index < -0.39 is 8.25 Å². The van der Waals surface area contributed by atoms with E-state index >= 15 is 0 Å². The van der Waals surface area contributed by atoms with Crippen LogP contribution in [0.3, 0.4) is 0 Å². The molecule has 0 fully saturated rings. The first kappa shape index (κ1) is 17.7. The van der Waals surface area contributed by atoms with Crippen LogP contribution in [-0.4, -0.2) is 49.2 Å². The fourth-order valence-electron chi connectivity index (χ4n) is 1.53. The van der Waals surface area contributed by atoms with E-state index in [1.165, 1.54) is 12.8 Å². The minimum Gasteiger partial charge on any atom is -0.376 e. The summed E-state index contributed by atoms with van der Waals surface area (Å²) in [6.07, 6.45) is 5.23. The van der Waals surface area contributed by atoms with E-state index in [1.54, 1.807) is 6.08 Å². The topological polar surface area (TPSA) is 59.0 Å². The number of unbranched alkanes of at least 4 members (excludes halogenated alkanes) is 2. The van der Waals surface area contributed by atoms with Gasteiger partial charge in [0.2, 0.25) is 0 Å². The van der Waals surface area contributed by atoms with Gasteiger partial charge in [0.1, 0.15) is 6.61 Å². The molecule has 1 atom stereocenters. The highest BCUT2D eigenvalue weighted by atomic mass is 31.1. The van der Waals surface area contributed by atoms with Crippen LogP contribution in [0.15, 0.2) is 12.7 Å². The zero-order chi connectivity index (χ0) is 13.6. The average molecular weight is 278 g/mol. The summed E-state index contributed by atoms with van der Waals surface area (Å²) in [5.41, 5.74) is 0. The van der Waals surface area contributed by atoms with Gasteiger partial charge in [-0.25, -0.2) is 0 Å². The lowest BCUT2D eigenvalue weighted by molar-refractivity contribution is 0.114. The largest absolute Gasteiger partial charge is 0.694 e. The van der Waals surface area contributed by atoms with Crippen LogP contribution >= 0.6 is 8.25 Å². The molecule has 106 valence electrons. The fraction of sp³-hybridized carbons (Fsp3) is 0.833. The lowest BCUT2D eigenvalue weighted by Crippen LogP contribution is -2.31. The number of hydrogen-bond donors (Lipinski definition) is 1. The quantitative estimate of drug-likeness (QED) is 0.318. The van der Waals surface area contributed by atoms with Gasteiger partial charge < -0.3 is 4.74 Å². The molecule has 0 saturated heterocycles. The van der Waals surface area contributed by atoms with Crippen molar-refractivity contribution < 1.29 is 18.7 Å². The molecule has 0 aliphatic heterocycles. The normalized spacial score (nSPS) is 11.8. The summed E-state index contributed by atoms with van der Waals surface area (Å²) < 4.78 is 20.4. The van der Waals surface area contributed by atoms with E-state index in [9.17, 15) is 4.57 Å². The molecule has 1 N–H and O–H groups in total. The van der Waals surface area contributed by atoms with Gasteiger partial charge in [0.05, 0.1) is 13.2 Å². The van der Waals surface area contributed by atoms with Crippen LogP contribution in [0, 0.1) is 0 Å². The molecule has 0 aliphatic carbocycles. The first-order valence-corrected chi connectivity index (χ1v) is 7.53. The molecule has 18 heavy (non-hydrogen) atoms. The second kappa shape index (κ2) is 13.1. The smallest absolute Gasteiger partial charge is 0.376 e. The molecule has 0 aromatic heterocycles. The molecule has 6 heteroatoms. The molecule has 0 aliphatic rings. The van der Waals surface area contributed by atoms with Gasteiger partial charge in [0, 0.05) is 17.7 Å². The Labute approximate surface area is 111 Å². The van der Waals surface area contributed by atoms with E-state index in [1.807, 2.05) is 0 Å². The molecular formula is C12H25NO4P+. The SMILES string of the molecule is C=CCOCCN(CCCCC)CCO[P+](=O)O. The van der Waals surface area contributed by atoms with Gasteiger partial charge in [-0.1, -0.05) is 25.8 Å². The first-order valence-electron chi connectivity index (χ1n) is 6.40. The van der Waals surface area contributed by atoms with Crippen molar-refractivity contribution in [2.24, 2.45) is 0 Å². The average Bonchev–Trinajstić information content (AvgIpc) is 2.33. The van der Waals surface area contributed by atoms with Gasteiger partial charge in [-0.05, 0) is 13.0 Å². The molecule has 0 saturated carbocycles. The Hall–Kier alpha value is -0.320. The van der Waals surface area contributed by atoms with Crippen molar-refractivity contribution in [1.82, 2.24) is 4.90 Å². The Bertz CT molecular complexity index is 226. The molecule has 5 nitrogen and oxygen atoms in total. The van der Waals surface area contributed by atoms with Crippen LogP contribution in [-0.2, 0) is 13.8 Å². The van der Waals surface area contributed by atoms with Crippen LogP contribution < -0.4 is 0 Å².